The fourth-order valence-electron chi connectivity index (χ4n) is 3.78. The van der Waals surface area contributed by atoms with Crippen LogP contribution < -0.4 is 14.9 Å². The summed E-state index contributed by atoms with van der Waals surface area (Å²) in [5.74, 6) is 0.807. The van der Waals surface area contributed by atoms with Crippen LogP contribution in [-0.4, -0.2) is 25.3 Å². The molecule has 26 heavy (non-hydrogen) atoms. The van der Waals surface area contributed by atoms with Gasteiger partial charge < -0.3 is 14.7 Å². The van der Waals surface area contributed by atoms with Crippen molar-refractivity contribution in [3.63, 3.8) is 0 Å². The minimum Gasteiger partial charge on any atom is -0.504 e. The van der Waals surface area contributed by atoms with E-state index < -0.39 is 0 Å². The molecule has 140 valence electrons. The zero-order chi connectivity index (χ0) is 18.7. The molecule has 1 atom stereocenters. The van der Waals surface area contributed by atoms with Crippen LogP contribution in [0.2, 0.25) is 0 Å². The first-order valence-corrected chi connectivity index (χ1v) is 10.4. The summed E-state index contributed by atoms with van der Waals surface area (Å²) in [5.41, 5.74) is 3.66. The molecule has 0 aromatic heterocycles. The lowest BCUT2D eigenvalue weighted by Gasteiger charge is -2.34. The van der Waals surface area contributed by atoms with Gasteiger partial charge in [0.25, 0.3) is 0 Å². The highest BCUT2D eigenvalue weighted by molar-refractivity contribution is 7.49. The maximum absolute atomic E-state index is 10.7. The molecule has 0 spiro atoms. The molecule has 0 bridgehead atoms. The van der Waals surface area contributed by atoms with Crippen molar-refractivity contribution in [1.82, 2.24) is 0 Å². The second kappa shape index (κ2) is 7.88. The van der Waals surface area contributed by atoms with E-state index >= 15 is 0 Å². The number of benzene rings is 2. The van der Waals surface area contributed by atoms with E-state index in [9.17, 15) is 5.11 Å². The van der Waals surface area contributed by atoms with Gasteiger partial charge in [0.15, 0.2) is 11.5 Å². The lowest BCUT2D eigenvalue weighted by atomic mass is 10.0. The standard InChI is InChI=1S/C22H30NO2P/c1-16-10-8-12-18(23-14-6-5-7-15-23)21(16)26-22(2,3)17-11-9-13-19(25-4)20(17)24/h8-13,24,26H,5-7,14-15H2,1-4H3. The van der Waals surface area contributed by atoms with Gasteiger partial charge in [-0.15, -0.1) is 0 Å². The Morgan fingerprint density at radius 2 is 1.73 bits per heavy atom. The molecule has 1 fully saturated rings. The van der Waals surface area contributed by atoms with Gasteiger partial charge in [-0.3, -0.25) is 0 Å². The number of anilines is 1. The first-order valence-electron chi connectivity index (χ1n) is 9.43. The van der Waals surface area contributed by atoms with Gasteiger partial charge in [-0.05, 0) is 49.2 Å². The highest BCUT2D eigenvalue weighted by Crippen LogP contribution is 2.48. The number of aromatic hydroxyl groups is 1. The van der Waals surface area contributed by atoms with Crippen LogP contribution in [0.25, 0.3) is 0 Å². The third-order valence-corrected chi connectivity index (χ3v) is 7.07. The fourth-order valence-corrected chi connectivity index (χ4v) is 5.40. The lowest BCUT2D eigenvalue weighted by molar-refractivity contribution is 0.368. The minimum atomic E-state index is -0.171. The maximum atomic E-state index is 10.7. The highest BCUT2D eigenvalue weighted by atomic mass is 31.1. The zero-order valence-electron chi connectivity index (χ0n) is 16.3. The summed E-state index contributed by atoms with van der Waals surface area (Å²) in [7, 11) is 2.17. The number of nitrogens with zero attached hydrogens (tertiary/aromatic N) is 1. The molecular formula is C22H30NO2P. The predicted octanol–water partition coefficient (Wildman–Crippen LogP) is 4.94. The summed E-state index contributed by atoms with van der Waals surface area (Å²) in [6.45, 7) is 8.92. The third-order valence-electron chi connectivity index (χ3n) is 5.28. The largest absolute Gasteiger partial charge is 0.504 e. The van der Waals surface area contributed by atoms with Crippen LogP contribution in [0.1, 0.15) is 44.2 Å². The number of piperidine rings is 1. The Kier molecular flexibility index (Phi) is 5.77. The van der Waals surface area contributed by atoms with E-state index in [0.29, 0.717) is 14.3 Å². The van der Waals surface area contributed by atoms with Crippen LogP contribution in [0.15, 0.2) is 36.4 Å². The molecule has 0 amide bonds. The van der Waals surface area contributed by atoms with Crippen LogP contribution in [0, 0.1) is 6.92 Å². The van der Waals surface area contributed by atoms with E-state index in [1.165, 1.54) is 35.8 Å². The van der Waals surface area contributed by atoms with Gasteiger partial charge in [-0.25, -0.2) is 0 Å². The number of phenols is 1. The number of hydrogen-bond donors (Lipinski definition) is 1. The van der Waals surface area contributed by atoms with E-state index in [0.717, 1.165) is 18.7 Å². The Morgan fingerprint density at radius 1 is 1.04 bits per heavy atom. The van der Waals surface area contributed by atoms with Gasteiger partial charge >= 0.3 is 0 Å². The van der Waals surface area contributed by atoms with Gasteiger partial charge in [0.05, 0.1) is 7.11 Å². The van der Waals surface area contributed by atoms with E-state index in [-0.39, 0.29) is 10.9 Å². The smallest absolute Gasteiger partial charge is 0.161 e. The average Bonchev–Trinajstić information content (AvgIpc) is 2.64. The molecule has 4 heteroatoms. The van der Waals surface area contributed by atoms with Gasteiger partial charge in [0.1, 0.15) is 0 Å². The predicted molar refractivity (Wildman–Crippen MR) is 113 cm³/mol. The van der Waals surface area contributed by atoms with Crippen molar-refractivity contribution in [3.8, 4) is 11.5 Å². The van der Waals surface area contributed by atoms with Crippen molar-refractivity contribution in [2.24, 2.45) is 0 Å². The average molecular weight is 371 g/mol. The zero-order valence-corrected chi connectivity index (χ0v) is 17.3. The molecule has 1 heterocycles. The molecular weight excluding hydrogens is 341 g/mol. The third kappa shape index (κ3) is 3.83. The number of aryl methyl sites for hydroxylation is 1. The van der Waals surface area contributed by atoms with Crippen molar-refractivity contribution in [1.29, 1.82) is 0 Å². The number of rotatable bonds is 5. The summed E-state index contributed by atoms with van der Waals surface area (Å²) >= 11 is 0. The van der Waals surface area contributed by atoms with Gasteiger partial charge in [0.2, 0.25) is 0 Å². The maximum Gasteiger partial charge on any atom is 0.161 e. The molecule has 0 saturated carbocycles. The van der Waals surface area contributed by atoms with Crippen LogP contribution in [0.5, 0.6) is 11.5 Å². The summed E-state index contributed by atoms with van der Waals surface area (Å²) in [6, 6.07) is 12.4. The molecule has 1 saturated heterocycles. The molecule has 0 radical (unpaired) electrons. The molecule has 1 unspecified atom stereocenters. The van der Waals surface area contributed by atoms with Crippen molar-refractivity contribution in [2.45, 2.75) is 45.2 Å². The Balaban J connectivity index is 1.97. The number of hydrogen-bond acceptors (Lipinski definition) is 3. The van der Waals surface area contributed by atoms with E-state index in [4.69, 9.17) is 4.74 Å². The van der Waals surface area contributed by atoms with Gasteiger partial charge in [-0.1, -0.05) is 46.7 Å². The number of ether oxygens (including phenoxy) is 1. The van der Waals surface area contributed by atoms with Crippen LogP contribution in [-0.2, 0) is 5.16 Å². The molecule has 1 N–H and O–H groups in total. The van der Waals surface area contributed by atoms with Crippen molar-refractivity contribution >= 4 is 19.6 Å². The Morgan fingerprint density at radius 3 is 2.42 bits per heavy atom. The van der Waals surface area contributed by atoms with Crippen molar-refractivity contribution < 1.29 is 9.84 Å². The summed E-state index contributed by atoms with van der Waals surface area (Å²) in [6.07, 6.45) is 3.89. The summed E-state index contributed by atoms with van der Waals surface area (Å²) in [5, 5.41) is 11.9. The Bertz CT molecular complexity index is 767. The lowest BCUT2D eigenvalue weighted by Crippen LogP contribution is -2.33. The van der Waals surface area contributed by atoms with E-state index in [1.54, 1.807) is 7.11 Å². The molecule has 2 aromatic rings. The molecule has 3 nitrogen and oxygen atoms in total. The SMILES string of the molecule is COc1cccc(C(C)(C)Pc2c(C)cccc2N2CCCCC2)c1O. The topological polar surface area (TPSA) is 32.7 Å². The summed E-state index contributed by atoms with van der Waals surface area (Å²) in [4.78, 5) is 2.54. The monoisotopic (exact) mass is 371 g/mol. The minimum absolute atomic E-state index is 0.171. The van der Waals surface area contributed by atoms with Crippen LogP contribution in [0.3, 0.4) is 0 Å². The molecule has 2 aromatic carbocycles. The normalized spacial score (nSPS) is 15.6. The Hall–Kier alpha value is -1.73. The van der Waals surface area contributed by atoms with Gasteiger partial charge in [-0.2, -0.15) is 0 Å². The Labute approximate surface area is 159 Å². The quantitative estimate of drug-likeness (QED) is 0.756. The van der Waals surface area contributed by atoms with E-state index in [2.05, 4.69) is 43.9 Å². The number of methoxy groups -OCH3 is 1. The molecule has 1 aliphatic rings. The van der Waals surface area contributed by atoms with Crippen molar-refractivity contribution in [3.05, 3.63) is 47.5 Å². The first kappa shape index (κ1) is 19.0. The van der Waals surface area contributed by atoms with Crippen LogP contribution >= 0.6 is 8.58 Å². The first-order chi connectivity index (χ1) is 12.4. The van der Waals surface area contributed by atoms with Gasteiger partial charge in [0, 0.05) is 29.5 Å². The number of para-hydroxylation sites is 1. The second-order valence-electron chi connectivity index (χ2n) is 7.62. The van der Waals surface area contributed by atoms with Crippen molar-refractivity contribution in [2.75, 3.05) is 25.1 Å². The molecule has 3 rings (SSSR count). The highest BCUT2D eigenvalue weighted by Gasteiger charge is 2.28. The molecule has 0 aliphatic carbocycles. The summed E-state index contributed by atoms with van der Waals surface area (Å²) < 4.78 is 5.32. The van der Waals surface area contributed by atoms with E-state index in [1.807, 2.05) is 18.2 Å². The second-order valence-corrected chi connectivity index (χ2v) is 9.62. The number of phenolic OH excluding ortho intramolecular Hbond substituents is 1. The van der Waals surface area contributed by atoms with Crippen LogP contribution in [0.4, 0.5) is 5.69 Å². The fraction of sp³-hybridized carbons (Fsp3) is 0.455. The molecule has 1 aliphatic heterocycles.